The molecule has 0 unspecified atom stereocenters. The van der Waals surface area contributed by atoms with Crippen molar-refractivity contribution in [2.75, 3.05) is 0 Å². The summed E-state index contributed by atoms with van der Waals surface area (Å²) in [5.74, 6) is -1.80. The van der Waals surface area contributed by atoms with E-state index in [1.165, 1.54) is 28.8 Å². The van der Waals surface area contributed by atoms with Crippen molar-refractivity contribution in [2.24, 2.45) is 13.0 Å². The van der Waals surface area contributed by atoms with E-state index in [1.54, 1.807) is 17.8 Å². The predicted octanol–water partition coefficient (Wildman–Crippen LogP) is 1.89. The average molecular weight is 495 g/mol. The SMILES string of the molecule is Cc1cc(C(=O)NC23CCC(CC2)Cn2c3nc(C(=O)NCc3ccc(F)cc3)c(O)c2=O)nn1C. The number of nitrogens with zero attached hydrogens (tertiary/aromatic N) is 4. The maximum atomic E-state index is 13.2. The fraction of sp³-hybridized carbons (Fsp3) is 0.400. The Labute approximate surface area is 206 Å². The highest BCUT2D eigenvalue weighted by molar-refractivity contribution is 5.95. The Morgan fingerprint density at radius 1 is 1.19 bits per heavy atom. The zero-order valence-corrected chi connectivity index (χ0v) is 20.0. The highest BCUT2D eigenvalue weighted by Gasteiger charge is 2.46. The smallest absolute Gasteiger partial charge is 0.296 e. The number of aromatic nitrogens is 4. The van der Waals surface area contributed by atoms with Crippen LogP contribution in [0.5, 0.6) is 5.75 Å². The van der Waals surface area contributed by atoms with Gasteiger partial charge in [0.2, 0.25) is 5.75 Å². The van der Waals surface area contributed by atoms with Gasteiger partial charge in [-0.2, -0.15) is 5.10 Å². The standard InChI is InChI=1S/C25H27FN6O4/c1-14-11-18(30-31(14)2)21(34)29-25-9-7-16(8-10-25)13-32-23(36)20(33)19(28-24(25)32)22(35)27-12-15-3-5-17(26)6-4-15/h3-6,11,16,33H,7-10,12-13H2,1-2H3,(H,27,35)(H,29,34). The van der Waals surface area contributed by atoms with Crippen molar-refractivity contribution in [3.8, 4) is 5.75 Å². The summed E-state index contributed by atoms with van der Waals surface area (Å²) < 4.78 is 16.2. The fourth-order valence-corrected chi connectivity index (χ4v) is 5.07. The first-order valence-corrected chi connectivity index (χ1v) is 11.9. The van der Waals surface area contributed by atoms with Gasteiger partial charge in [0.05, 0.1) is 5.54 Å². The number of carbonyl (C=O) groups is 2. The van der Waals surface area contributed by atoms with Crippen molar-refractivity contribution in [1.82, 2.24) is 30.0 Å². The van der Waals surface area contributed by atoms with Crippen molar-refractivity contribution in [1.29, 1.82) is 0 Å². The Hall–Kier alpha value is -4.02. The fourth-order valence-electron chi connectivity index (χ4n) is 5.07. The van der Waals surface area contributed by atoms with Gasteiger partial charge in [-0.05, 0) is 62.3 Å². The molecule has 1 aromatic carbocycles. The Balaban J connectivity index is 1.50. The zero-order chi connectivity index (χ0) is 25.6. The summed E-state index contributed by atoms with van der Waals surface area (Å²) in [6, 6.07) is 7.28. The minimum atomic E-state index is -0.978. The Kier molecular flexibility index (Phi) is 5.85. The number of aryl methyl sites for hydroxylation is 2. The van der Waals surface area contributed by atoms with Gasteiger partial charge in [-0.15, -0.1) is 0 Å². The lowest BCUT2D eigenvalue weighted by Crippen LogP contribution is -2.50. The van der Waals surface area contributed by atoms with Crippen molar-refractivity contribution >= 4 is 11.8 Å². The van der Waals surface area contributed by atoms with E-state index in [1.807, 2.05) is 6.92 Å². The summed E-state index contributed by atoms with van der Waals surface area (Å²) in [5.41, 5.74) is -0.380. The minimum absolute atomic E-state index is 0.0572. The second-order valence-corrected chi connectivity index (χ2v) is 9.63. The van der Waals surface area contributed by atoms with Gasteiger partial charge in [0.15, 0.2) is 5.69 Å². The topological polar surface area (TPSA) is 131 Å². The molecule has 4 heterocycles. The second kappa shape index (κ2) is 8.89. The molecule has 0 radical (unpaired) electrons. The van der Waals surface area contributed by atoms with Crippen LogP contribution in [-0.2, 0) is 25.7 Å². The van der Waals surface area contributed by atoms with Crippen LogP contribution in [0, 0.1) is 18.7 Å². The van der Waals surface area contributed by atoms with Crippen molar-refractivity contribution < 1.29 is 19.1 Å². The quantitative estimate of drug-likeness (QED) is 0.497. The number of hydrogen-bond donors (Lipinski definition) is 3. The Morgan fingerprint density at radius 3 is 2.53 bits per heavy atom. The van der Waals surface area contributed by atoms with Crippen LogP contribution in [0.25, 0.3) is 0 Å². The number of hydrogen-bond acceptors (Lipinski definition) is 6. The lowest BCUT2D eigenvalue weighted by atomic mass is 9.77. The van der Waals surface area contributed by atoms with Gasteiger partial charge in [-0.25, -0.2) is 9.37 Å². The molecule has 2 aliphatic heterocycles. The van der Waals surface area contributed by atoms with Crippen LogP contribution in [0.15, 0.2) is 35.1 Å². The van der Waals surface area contributed by atoms with E-state index in [0.717, 1.165) is 18.5 Å². The largest absolute Gasteiger partial charge is 0.501 e. The molecule has 6 rings (SSSR count). The molecular weight excluding hydrogens is 467 g/mol. The number of nitrogens with one attached hydrogen (secondary N) is 2. The van der Waals surface area contributed by atoms with Gasteiger partial charge in [0, 0.05) is 25.8 Å². The molecular formula is C25H27FN6O4. The second-order valence-electron chi connectivity index (χ2n) is 9.63. The monoisotopic (exact) mass is 494 g/mol. The first-order valence-electron chi connectivity index (χ1n) is 11.9. The van der Waals surface area contributed by atoms with E-state index in [2.05, 4.69) is 20.7 Å². The molecule has 3 aromatic rings. The normalized spacial score (nSPS) is 20.5. The molecule has 0 spiro atoms. The zero-order valence-electron chi connectivity index (χ0n) is 20.0. The third kappa shape index (κ3) is 4.14. The first-order chi connectivity index (χ1) is 17.2. The van der Waals surface area contributed by atoms with E-state index in [4.69, 9.17) is 0 Å². The van der Waals surface area contributed by atoms with Crippen LogP contribution < -0.4 is 16.2 Å². The highest BCUT2D eigenvalue weighted by atomic mass is 19.1. The molecule has 1 saturated carbocycles. The number of carbonyl (C=O) groups excluding carboxylic acids is 2. The van der Waals surface area contributed by atoms with Gasteiger partial charge in [-0.3, -0.25) is 23.6 Å². The van der Waals surface area contributed by atoms with Crippen LogP contribution >= 0.6 is 0 Å². The Morgan fingerprint density at radius 2 is 1.89 bits per heavy atom. The summed E-state index contributed by atoms with van der Waals surface area (Å²) in [7, 11) is 1.75. The molecule has 0 saturated heterocycles. The Bertz CT molecular complexity index is 1380. The number of rotatable bonds is 5. The van der Waals surface area contributed by atoms with Gasteiger partial charge in [0.1, 0.15) is 17.3 Å². The lowest BCUT2D eigenvalue weighted by Gasteiger charge is -2.36. The van der Waals surface area contributed by atoms with E-state index in [-0.39, 0.29) is 24.0 Å². The summed E-state index contributed by atoms with van der Waals surface area (Å²) in [6.45, 7) is 2.25. The van der Waals surface area contributed by atoms with Crippen molar-refractivity contribution in [3.63, 3.8) is 0 Å². The van der Waals surface area contributed by atoms with Gasteiger partial charge >= 0.3 is 0 Å². The van der Waals surface area contributed by atoms with Crippen LogP contribution in [0.1, 0.15) is 63.7 Å². The van der Waals surface area contributed by atoms with E-state index in [9.17, 15) is 23.9 Å². The molecule has 2 aromatic heterocycles. The number of amides is 2. The van der Waals surface area contributed by atoms with Crippen LogP contribution in [0.3, 0.4) is 0 Å². The lowest BCUT2D eigenvalue weighted by molar-refractivity contribution is 0.0844. The maximum Gasteiger partial charge on any atom is 0.296 e. The first kappa shape index (κ1) is 23.7. The molecule has 1 aliphatic carbocycles. The molecule has 2 amide bonds. The van der Waals surface area contributed by atoms with Crippen molar-refractivity contribution in [3.05, 3.63) is 75.0 Å². The molecule has 1 fully saturated rings. The molecule has 0 atom stereocenters. The third-order valence-electron chi connectivity index (χ3n) is 7.25. The number of benzene rings is 1. The average Bonchev–Trinajstić information content (AvgIpc) is 3.04. The molecule has 3 aliphatic rings. The van der Waals surface area contributed by atoms with Gasteiger partial charge in [-0.1, -0.05) is 12.1 Å². The maximum absolute atomic E-state index is 13.2. The molecule has 10 nitrogen and oxygen atoms in total. The molecule has 188 valence electrons. The van der Waals surface area contributed by atoms with E-state index in [0.29, 0.717) is 24.9 Å². The van der Waals surface area contributed by atoms with Crippen LogP contribution in [0.4, 0.5) is 4.39 Å². The summed E-state index contributed by atoms with van der Waals surface area (Å²) in [6.07, 6.45) is 2.61. The van der Waals surface area contributed by atoms with Gasteiger partial charge < -0.3 is 15.7 Å². The molecule has 11 heteroatoms. The van der Waals surface area contributed by atoms with E-state index >= 15 is 0 Å². The van der Waals surface area contributed by atoms with Crippen LogP contribution in [-0.4, -0.2) is 36.3 Å². The minimum Gasteiger partial charge on any atom is -0.501 e. The molecule has 3 N–H and O–H groups in total. The summed E-state index contributed by atoms with van der Waals surface area (Å²) in [4.78, 5) is 43.8. The third-order valence-corrected chi connectivity index (χ3v) is 7.25. The summed E-state index contributed by atoms with van der Waals surface area (Å²) >= 11 is 0. The number of fused-ring (bicyclic) bond motifs is 2. The summed E-state index contributed by atoms with van der Waals surface area (Å²) in [5, 5.41) is 20.6. The van der Waals surface area contributed by atoms with Crippen molar-refractivity contribution in [2.45, 2.75) is 51.2 Å². The van der Waals surface area contributed by atoms with E-state index < -0.39 is 40.2 Å². The van der Waals surface area contributed by atoms with Crippen LogP contribution in [0.2, 0.25) is 0 Å². The van der Waals surface area contributed by atoms with Gasteiger partial charge in [0.25, 0.3) is 17.4 Å². The number of halogens is 1. The predicted molar refractivity (Wildman–Crippen MR) is 127 cm³/mol. The highest BCUT2D eigenvalue weighted by Crippen LogP contribution is 2.43. The number of aromatic hydroxyl groups is 1. The molecule has 2 bridgehead atoms. The molecule has 36 heavy (non-hydrogen) atoms.